The van der Waals surface area contributed by atoms with E-state index in [9.17, 15) is 4.79 Å². The van der Waals surface area contributed by atoms with Gasteiger partial charge in [-0.15, -0.1) is 0 Å². The second kappa shape index (κ2) is 7.32. The van der Waals surface area contributed by atoms with E-state index in [1.807, 2.05) is 19.1 Å². The van der Waals surface area contributed by atoms with Gasteiger partial charge in [-0.25, -0.2) is 0 Å². The van der Waals surface area contributed by atoms with E-state index in [1.165, 1.54) is 0 Å². The third-order valence-electron chi connectivity index (χ3n) is 3.53. The molecule has 0 heterocycles. The highest BCUT2D eigenvalue weighted by Crippen LogP contribution is 2.29. The summed E-state index contributed by atoms with van der Waals surface area (Å²) in [6.45, 7) is 1.87. The number of hydrogen-bond donors (Lipinski definition) is 1. The predicted molar refractivity (Wildman–Crippen MR) is 86.6 cm³/mol. The summed E-state index contributed by atoms with van der Waals surface area (Å²) in [6.07, 6.45) is 0. The van der Waals surface area contributed by atoms with Crippen LogP contribution in [-0.4, -0.2) is 20.1 Å². The molecule has 1 amide bonds. The Labute approximate surface area is 135 Å². The Morgan fingerprint density at radius 2 is 1.83 bits per heavy atom. The second-order valence-corrected chi connectivity index (χ2v) is 4.99. The van der Waals surface area contributed by atoms with Gasteiger partial charge in [0.15, 0.2) is 0 Å². The monoisotopic (exact) mass is 310 g/mol. The molecule has 2 rings (SSSR count). The molecule has 0 aliphatic heterocycles. The quantitative estimate of drug-likeness (QED) is 0.921. The van der Waals surface area contributed by atoms with E-state index in [-0.39, 0.29) is 11.9 Å². The van der Waals surface area contributed by atoms with Crippen molar-refractivity contribution in [2.45, 2.75) is 13.0 Å². The highest BCUT2D eigenvalue weighted by Gasteiger charge is 2.16. The van der Waals surface area contributed by atoms with Crippen molar-refractivity contribution < 1.29 is 14.3 Å². The zero-order valence-electron chi connectivity index (χ0n) is 13.3. The topological polar surface area (TPSA) is 71.3 Å². The van der Waals surface area contributed by atoms with Gasteiger partial charge in [0.25, 0.3) is 5.91 Å². The summed E-state index contributed by atoms with van der Waals surface area (Å²) in [5.41, 5.74) is 1.84. The van der Waals surface area contributed by atoms with Gasteiger partial charge in [-0.1, -0.05) is 0 Å². The molecule has 118 valence electrons. The van der Waals surface area contributed by atoms with Gasteiger partial charge in [0, 0.05) is 11.1 Å². The number of carbonyl (C=O) groups excluding carboxylic acids is 1. The molecular formula is C18H18N2O3. The van der Waals surface area contributed by atoms with Gasteiger partial charge < -0.3 is 14.8 Å². The van der Waals surface area contributed by atoms with Gasteiger partial charge in [0.1, 0.15) is 11.5 Å². The molecule has 0 aliphatic rings. The van der Waals surface area contributed by atoms with Crippen LogP contribution in [0.1, 0.15) is 34.5 Å². The lowest BCUT2D eigenvalue weighted by atomic mass is 10.1. The molecule has 0 spiro atoms. The largest absolute Gasteiger partial charge is 0.497 e. The van der Waals surface area contributed by atoms with Crippen LogP contribution in [0.15, 0.2) is 42.5 Å². The van der Waals surface area contributed by atoms with Gasteiger partial charge in [0.2, 0.25) is 0 Å². The molecule has 0 saturated heterocycles. The van der Waals surface area contributed by atoms with Crippen LogP contribution in [0, 0.1) is 11.3 Å². The van der Waals surface area contributed by atoms with Crippen molar-refractivity contribution in [1.82, 2.24) is 5.32 Å². The molecule has 0 saturated carbocycles. The molecule has 1 atom stereocenters. The number of carbonyl (C=O) groups is 1. The lowest BCUT2D eigenvalue weighted by Gasteiger charge is -2.18. The van der Waals surface area contributed by atoms with Crippen molar-refractivity contribution in [2.24, 2.45) is 0 Å². The summed E-state index contributed by atoms with van der Waals surface area (Å²) in [5.74, 6) is 1.16. The van der Waals surface area contributed by atoms with E-state index in [4.69, 9.17) is 14.7 Å². The maximum Gasteiger partial charge on any atom is 0.251 e. The molecule has 2 aromatic carbocycles. The van der Waals surface area contributed by atoms with Gasteiger partial charge in [-0.05, 0) is 49.4 Å². The number of methoxy groups -OCH3 is 2. The minimum absolute atomic E-state index is 0.216. The van der Waals surface area contributed by atoms with Crippen LogP contribution in [0.3, 0.4) is 0 Å². The Bertz CT molecular complexity index is 733. The van der Waals surface area contributed by atoms with Crippen LogP contribution in [-0.2, 0) is 0 Å². The summed E-state index contributed by atoms with van der Waals surface area (Å²) in [5, 5.41) is 11.7. The smallest absolute Gasteiger partial charge is 0.251 e. The SMILES string of the molecule is COc1ccc(OC)c([C@H](C)NC(=O)c2ccc(C#N)cc2)c1. The van der Waals surface area contributed by atoms with Crippen LogP contribution in [0.4, 0.5) is 0 Å². The van der Waals surface area contributed by atoms with Crippen molar-refractivity contribution in [2.75, 3.05) is 14.2 Å². The van der Waals surface area contributed by atoms with E-state index in [2.05, 4.69) is 5.32 Å². The Balaban J connectivity index is 2.19. The number of nitrogens with zero attached hydrogens (tertiary/aromatic N) is 1. The molecule has 5 heteroatoms. The lowest BCUT2D eigenvalue weighted by molar-refractivity contribution is 0.0939. The van der Waals surface area contributed by atoms with Crippen LogP contribution < -0.4 is 14.8 Å². The predicted octanol–water partition coefficient (Wildman–Crippen LogP) is 3.07. The second-order valence-electron chi connectivity index (χ2n) is 4.99. The fraction of sp³-hybridized carbons (Fsp3) is 0.222. The van der Waals surface area contributed by atoms with Gasteiger partial charge in [-0.3, -0.25) is 4.79 Å². The molecule has 0 aromatic heterocycles. The molecule has 23 heavy (non-hydrogen) atoms. The molecule has 2 aromatic rings. The molecule has 0 bridgehead atoms. The average Bonchev–Trinajstić information content (AvgIpc) is 2.61. The van der Waals surface area contributed by atoms with E-state index >= 15 is 0 Å². The molecule has 1 N–H and O–H groups in total. The number of ether oxygens (including phenoxy) is 2. The third kappa shape index (κ3) is 3.80. The summed E-state index contributed by atoms with van der Waals surface area (Å²) >= 11 is 0. The van der Waals surface area contributed by atoms with E-state index in [0.29, 0.717) is 22.6 Å². The fourth-order valence-electron chi connectivity index (χ4n) is 2.23. The maximum atomic E-state index is 12.3. The molecule has 0 fully saturated rings. The Kier molecular flexibility index (Phi) is 5.21. The van der Waals surface area contributed by atoms with Crippen molar-refractivity contribution in [3.63, 3.8) is 0 Å². The Hall–Kier alpha value is -3.00. The average molecular weight is 310 g/mol. The van der Waals surface area contributed by atoms with Crippen molar-refractivity contribution in [3.8, 4) is 17.6 Å². The zero-order valence-corrected chi connectivity index (χ0v) is 13.3. The van der Waals surface area contributed by atoms with E-state index < -0.39 is 0 Å². The summed E-state index contributed by atoms with van der Waals surface area (Å²) < 4.78 is 10.6. The molecule has 5 nitrogen and oxygen atoms in total. The molecule has 0 unspecified atom stereocenters. The summed E-state index contributed by atoms with van der Waals surface area (Å²) in [4.78, 5) is 12.3. The maximum absolute atomic E-state index is 12.3. The van der Waals surface area contributed by atoms with Crippen LogP contribution >= 0.6 is 0 Å². The third-order valence-corrected chi connectivity index (χ3v) is 3.53. The number of rotatable bonds is 5. The van der Waals surface area contributed by atoms with Gasteiger partial charge in [0.05, 0.1) is 31.9 Å². The van der Waals surface area contributed by atoms with Crippen molar-refractivity contribution >= 4 is 5.91 Å². The van der Waals surface area contributed by atoms with Crippen molar-refractivity contribution in [3.05, 3.63) is 59.2 Å². The fourth-order valence-corrected chi connectivity index (χ4v) is 2.23. The first kappa shape index (κ1) is 16.4. The summed E-state index contributed by atoms with van der Waals surface area (Å²) in [6, 6.07) is 13.7. The van der Waals surface area contributed by atoms with Crippen LogP contribution in [0.2, 0.25) is 0 Å². The van der Waals surface area contributed by atoms with E-state index in [0.717, 1.165) is 5.56 Å². The number of nitriles is 1. The highest BCUT2D eigenvalue weighted by molar-refractivity contribution is 5.94. The van der Waals surface area contributed by atoms with Crippen LogP contribution in [0.25, 0.3) is 0 Å². The first-order valence-corrected chi connectivity index (χ1v) is 7.12. The number of hydrogen-bond acceptors (Lipinski definition) is 4. The number of amides is 1. The van der Waals surface area contributed by atoms with Crippen LogP contribution in [0.5, 0.6) is 11.5 Å². The minimum Gasteiger partial charge on any atom is -0.497 e. The molecule has 0 aliphatic carbocycles. The van der Waals surface area contributed by atoms with Crippen molar-refractivity contribution in [1.29, 1.82) is 5.26 Å². The lowest BCUT2D eigenvalue weighted by Crippen LogP contribution is -2.26. The zero-order chi connectivity index (χ0) is 16.8. The van der Waals surface area contributed by atoms with Gasteiger partial charge >= 0.3 is 0 Å². The molecular weight excluding hydrogens is 292 g/mol. The Morgan fingerprint density at radius 3 is 2.39 bits per heavy atom. The normalized spacial score (nSPS) is 11.2. The number of benzene rings is 2. The summed E-state index contributed by atoms with van der Waals surface area (Å²) in [7, 11) is 3.17. The Morgan fingerprint density at radius 1 is 1.13 bits per heavy atom. The van der Waals surface area contributed by atoms with E-state index in [1.54, 1.807) is 50.6 Å². The standard InChI is InChI=1S/C18H18N2O3/c1-12(16-10-15(22-2)8-9-17(16)23-3)20-18(21)14-6-4-13(11-19)5-7-14/h4-10,12H,1-3H3,(H,20,21)/t12-/m0/s1. The minimum atomic E-state index is -0.261. The van der Waals surface area contributed by atoms with Gasteiger partial charge in [-0.2, -0.15) is 5.26 Å². The molecule has 0 radical (unpaired) electrons. The first-order valence-electron chi connectivity index (χ1n) is 7.12. The highest BCUT2D eigenvalue weighted by atomic mass is 16.5. The number of nitrogens with one attached hydrogen (secondary N) is 1. The first-order chi connectivity index (χ1) is 11.1.